The first-order chi connectivity index (χ1) is 14.1. The first kappa shape index (κ1) is 21.3. The number of carbonyl (C=O) groups is 2. The average molecular weight is 393 g/mol. The Morgan fingerprint density at radius 1 is 1.03 bits per heavy atom. The third-order valence-corrected chi connectivity index (χ3v) is 5.88. The number of hydrogen-bond acceptors (Lipinski definition) is 3. The highest BCUT2D eigenvalue weighted by Gasteiger charge is 2.36. The van der Waals surface area contributed by atoms with Gasteiger partial charge < -0.3 is 10.6 Å². The fraction of sp³-hybridized carbons (Fsp3) is 0.440. The van der Waals surface area contributed by atoms with E-state index in [0.29, 0.717) is 12.8 Å². The largest absolute Gasteiger partial charge is 0.331 e. The van der Waals surface area contributed by atoms with Crippen molar-refractivity contribution >= 4 is 11.7 Å². The summed E-state index contributed by atoms with van der Waals surface area (Å²) in [4.78, 5) is 27.5. The van der Waals surface area contributed by atoms with Crippen LogP contribution in [0.1, 0.15) is 56.1 Å². The Morgan fingerprint density at radius 3 is 2.34 bits per heavy atom. The Bertz CT molecular complexity index is 791. The lowest BCUT2D eigenvalue weighted by molar-refractivity contribution is -0.138. The van der Waals surface area contributed by atoms with E-state index in [-0.39, 0.29) is 30.2 Å². The number of Topliss-reactive ketones (excluding diaryl/α,β-unsaturated/α-hetero) is 1. The first-order valence-electron chi connectivity index (χ1n) is 10.7. The van der Waals surface area contributed by atoms with Crippen LogP contribution in [-0.2, 0) is 16.0 Å². The van der Waals surface area contributed by atoms with E-state index in [2.05, 4.69) is 31.2 Å². The number of nitrogens with two attached hydrogens (primary N) is 1. The summed E-state index contributed by atoms with van der Waals surface area (Å²) in [6.45, 7) is 2.24. The zero-order chi connectivity index (χ0) is 20.6. The summed E-state index contributed by atoms with van der Waals surface area (Å²) < 4.78 is 0. The van der Waals surface area contributed by atoms with Crippen LogP contribution in [0.5, 0.6) is 0 Å². The van der Waals surface area contributed by atoms with Crippen molar-refractivity contribution in [3.05, 3.63) is 71.8 Å². The second-order valence-electron chi connectivity index (χ2n) is 8.14. The Kier molecular flexibility index (Phi) is 7.59. The quantitative estimate of drug-likeness (QED) is 0.736. The van der Waals surface area contributed by atoms with Gasteiger partial charge in [0.25, 0.3) is 0 Å². The Morgan fingerprint density at radius 2 is 1.69 bits per heavy atom. The van der Waals surface area contributed by atoms with Crippen LogP contribution in [0.2, 0.25) is 0 Å². The molecule has 0 aliphatic carbocycles. The van der Waals surface area contributed by atoms with Crippen molar-refractivity contribution in [2.45, 2.75) is 63.5 Å². The van der Waals surface area contributed by atoms with E-state index >= 15 is 0 Å². The molecule has 1 aliphatic heterocycles. The third-order valence-electron chi connectivity index (χ3n) is 5.88. The van der Waals surface area contributed by atoms with E-state index in [0.717, 1.165) is 25.7 Å². The molecule has 3 unspecified atom stereocenters. The van der Waals surface area contributed by atoms with E-state index in [4.69, 9.17) is 5.73 Å². The fourth-order valence-corrected chi connectivity index (χ4v) is 4.28. The number of benzene rings is 2. The summed E-state index contributed by atoms with van der Waals surface area (Å²) in [6, 6.07) is 19.9. The number of rotatable bonds is 8. The lowest BCUT2D eigenvalue weighted by Crippen LogP contribution is -2.49. The molecular weight excluding hydrogens is 360 g/mol. The van der Waals surface area contributed by atoms with Crippen molar-refractivity contribution in [2.75, 3.05) is 6.54 Å². The van der Waals surface area contributed by atoms with Crippen LogP contribution in [-0.4, -0.2) is 35.2 Å². The van der Waals surface area contributed by atoms with Crippen molar-refractivity contribution in [3.63, 3.8) is 0 Å². The molecule has 3 atom stereocenters. The van der Waals surface area contributed by atoms with Gasteiger partial charge in [0.15, 0.2) is 5.78 Å². The molecule has 29 heavy (non-hydrogen) atoms. The molecule has 3 rings (SSSR count). The summed E-state index contributed by atoms with van der Waals surface area (Å²) in [5.41, 5.74) is 8.72. The van der Waals surface area contributed by atoms with Crippen molar-refractivity contribution < 1.29 is 9.59 Å². The summed E-state index contributed by atoms with van der Waals surface area (Å²) in [7, 11) is 0. The molecule has 2 aromatic carbocycles. The van der Waals surface area contributed by atoms with E-state index in [9.17, 15) is 9.59 Å². The lowest BCUT2D eigenvalue weighted by atomic mass is 9.87. The minimum atomic E-state index is -0.569. The topological polar surface area (TPSA) is 63.4 Å². The Balaban J connectivity index is 1.87. The first-order valence-corrected chi connectivity index (χ1v) is 10.7. The van der Waals surface area contributed by atoms with Gasteiger partial charge in [0, 0.05) is 12.5 Å². The SMILES string of the molecule is CCCCC(=O)CN1C(=O)C(N)CC(c2ccccc2)CC1Cc1ccccc1. The second kappa shape index (κ2) is 10.4. The van der Waals surface area contributed by atoms with Crippen LogP contribution < -0.4 is 5.73 Å². The minimum absolute atomic E-state index is 0.0331. The second-order valence-corrected chi connectivity index (χ2v) is 8.14. The van der Waals surface area contributed by atoms with Gasteiger partial charge >= 0.3 is 0 Å². The third kappa shape index (κ3) is 5.77. The monoisotopic (exact) mass is 392 g/mol. The van der Waals surface area contributed by atoms with Crippen LogP contribution in [0.15, 0.2) is 60.7 Å². The van der Waals surface area contributed by atoms with Crippen LogP contribution in [0, 0.1) is 0 Å². The highest BCUT2D eigenvalue weighted by Crippen LogP contribution is 2.32. The Labute approximate surface area is 174 Å². The Hall–Kier alpha value is -2.46. The number of nitrogens with zero attached hydrogens (tertiary/aromatic N) is 1. The zero-order valence-corrected chi connectivity index (χ0v) is 17.3. The van der Waals surface area contributed by atoms with Crippen molar-refractivity contribution in [3.8, 4) is 0 Å². The maximum absolute atomic E-state index is 13.2. The maximum atomic E-state index is 13.2. The molecule has 1 amide bonds. The molecule has 0 radical (unpaired) electrons. The van der Waals surface area contributed by atoms with Gasteiger partial charge in [-0.1, -0.05) is 74.0 Å². The van der Waals surface area contributed by atoms with Crippen LogP contribution in [0.3, 0.4) is 0 Å². The number of ketones is 1. The summed E-state index contributed by atoms with van der Waals surface area (Å²) in [5.74, 6) is 0.248. The molecule has 4 heteroatoms. The van der Waals surface area contributed by atoms with E-state index in [1.807, 2.05) is 36.4 Å². The van der Waals surface area contributed by atoms with Gasteiger partial charge in [-0.15, -0.1) is 0 Å². The summed E-state index contributed by atoms with van der Waals surface area (Å²) in [6.07, 6.45) is 4.54. The standard InChI is InChI=1S/C25H32N2O2/c1-2-3-14-23(28)18-27-22(15-19-10-6-4-7-11-19)16-21(17-24(26)25(27)29)20-12-8-5-9-13-20/h4-13,21-22,24H,2-3,14-18,26H2,1H3. The minimum Gasteiger partial charge on any atom is -0.331 e. The number of amides is 1. The highest BCUT2D eigenvalue weighted by molar-refractivity contribution is 5.89. The van der Waals surface area contributed by atoms with Crippen LogP contribution in [0.4, 0.5) is 0 Å². The normalized spacial score (nSPS) is 22.3. The van der Waals surface area contributed by atoms with Gasteiger partial charge in [-0.05, 0) is 42.7 Å². The van der Waals surface area contributed by atoms with Gasteiger partial charge in [0.05, 0.1) is 12.6 Å². The van der Waals surface area contributed by atoms with Crippen LogP contribution >= 0.6 is 0 Å². The number of unbranched alkanes of at least 4 members (excludes halogenated alkanes) is 1. The van der Waals surface area contributed by atoms with Crippen molar-refractivity contribution in [1.82, 2.24) is 4.90 Å². The van der Waals surface area contributed by atoms with Gasteiger partial charge in [0.2, 0.25) is 5.91 Å². The lowest BCUT2D eigenvalue weighted by Gasteiger charge is -2.31. The van der Waals surface area contributed by atoms with E-state index < -0.39 is 6.04 Å². The molecule has 2 N–H and O–H groups in total. The number of carbonyl (C=O) groups excluding carboxylic acids is 2. The predicted molar refractivity (Wildman–Crippen MR) is 117 cm³/mol. The molecule has 2 aromatic rings. The van der Waals surface area contributed by atoms with E-state index in [1.54, 1.807) is 4.90 Å². The van der Waals surface area contributed by atoms with Gasteiger partial charge in [-0.25, -0.2) is 0 Å². The number of hydrogen-bond donors (Lipinski definition) is 1. The fourth-order valence-electron chi connectivity index (χ4n) is 4.28. The molecule has 1 fully saturated rings. The average Bonchev–Trinajstić information content (AvgIpc) is 2.86. The molecule has 0 bridgehead atoms. The van der Waals surface area contributed by atoms with Gasteiger partial charge in [-0.3, -0.25) is 9.59 Å². The highest BCUT2D eigenvalue weighted by atomic mass is 16.2. The molecule has 1 saturated heterocycles. The zero-order valence-electron chi connectivity index (χ0n) is 17.3. The number of likely N-dealkylation sites (tertiary alicyclic amines) is 1. The molecule has 4 nitrogen and oxygen atoms in total. The predicted octanol–water partition coefficient (Wildman–Crippen LogP) is 4.09. The molecule has 0 aromatic heterocycles. The molecule has 154 valence electrons. The molecule has 1 aliphatic rings. The van der Waals surface area contributed by atoms with Crippen molar-refractivity contribution in [1.29, 1.82) is 0 Å². The van der Waals surface area contributed by atoms with Crippen molar-refractivity contribution in [2.24, 2.45) is 5.73 Å². The smallest absolute Gasteiger partial charge is 0.240 e. The summed E-state index contributed by atoms with van der Waals surface area (Å²) >= 11 is 0. The van der Waals surface area contributed by atoms with E-state index in [1.165, 1.54) is 11.1 Å². The maximum Gasteiger partial charge on any atom is 0.240 e. The molecule has 0 saturated carbocycles. The van der Waals surface area contributed by atoms with Gasteiger partial charge in [0.1, 0.15) is 0 Å². The molecular formula is C25H32N2O2. The van der Waals surface area contributed by atoms with Crippen LogP contribution in [0.25, 0.3) is 0 Å². The molecule has 1 heterocycles. The summed E-state index contributed by atoms with van der Waals surface area (Å²) in [5, 5.41) is 0. The van der Waals surface area contributed by atoms with Gasteiger partial charge in [-0.2, -0.15) is 0 Å². The molecule has 0 spiro atoms.